The van der Waals surface area contributed by atoms with Gasteiger partial charge in [0.25, 0.3) is 0 Å². The van der Waals surface area contributed by atoms with E-state index in [1.54, 1.807) is 66.7 Å². The van der Waals surface area contributed by atoms with Crippen molar-refractivity contribution in [2.75, 3.05) is 23.7 Å². The maximum absolute atomic E-state index is 13.0. The molecule has 0 aliphatic rings. The number of azo groups is 2. The molecule has 0 aliphatic heterocycles. The van der Waals surface area contributed by atoms with Crippen molar-refractivity contribution in [2.45, 2.75) is 4.90 Å². The lowest BCUT2D eigenvalue weighted by molar-refractivity contribution is 0.481. The average Bonchev–Trinajstić information content (AvgIpc) is 2.86. The summed E-state index contributed by atoms with van der Waals surface area (Å²) in [5, 5.41) is 31.0. The summed E-state index contributed by atoms with van der Waals surface area (Å²) in [5.74, 6) is -0.753. The Morgan fingerprint density at radius 2 is 1.24 bits per heavy atom. The molecule has 0 atom stereocenters. The first-order valence-corrected chi connectivity index (χ1v) is 14.9. The molecule has 0 aromatic heterocycles. The monoisotopic (exact) mass is 537 g/mol. The van der Waals surface area contributed by atoms with Crippen molar-refractivity contribution >= 4 is 58.9 Å². The molecule has 0 unspecified atom stereocenters. The second-order valence-corrected chi connectivity index (χ2v) is 12.3. The Balaban J connectivity index is 2.01. The number of hydrogen-bond donors (Lipinski definition) is 2. The van der Waals surface area contributed by atoms with E-state index in [0.717, 1.165) is 12.5 Å². The second-order valence-electron chi connectivity index (χ2n) is 8.23. The van der Waals surface area contributed by atoms with Crippen LogP contribution in [0, 0.1) is 0 Å². The van der Waals surface area contributed by atoms with Crippen molar-refractivity contribution < 1.29 is 21.9 Å². The van der Waals surface area contributed by atoms with E-state index in [-0.39, 0.29) is 32.9 Å². The van der Waals surface area contributed by atoms with E-state index in [0.29, 0.717) is 17.1 Å². The number of rotatable bonds is 8. The van der Waals surface area contributed by atoms with E-state index in [2.05, 4.69) is 25.8 Å². The molecule has 0 fully saturated rings. The highest BCUT2D eigenvalue weighted by atomic mass is 32.2. The summed E-state index contributed by atoms with van der Waals surface area (Å²) in [4.78, 5) is -0.364. The molecule has 12 heteroatoms. The molecule has 0 saturated carbocycles. The minimum Gasteiger partial charge on any atom is -0.505 e. The first-order valence-electron chi connectivity index (χ1n) is 10.9. The minimum absolute atomic E-state index is 0.0656. The number of aromatic hydroxyl groups is 1. The summed E-state index contributed by atoms with van der Waals surface area (Å²) in [5.41, 5.74) is 0.963. The van der Waals surface area contributed by atoms with Crippen LogP contribution in [0.3, 0.4) is 0 Å². The maximum Gasteiger partial charge on any atom is 0.180 e. The standard InChI is InChI=1S/C25H23N5O5S2/c1-36(32,33)16-26-19-13-14-20-21(15-19)22(29-27-17-9-5-3-6-10-17)25(37(2,34)35)23(24(20)31)30-28-18-11-7-4-8-12-18/h3-15,26,31H,16H2,1-2H3. The summed E-state index contributed by atoms with van der Waals surface area (Å²) in [6.07, 6.45) is 2.06. The highest BCUT2D eigenvalue weighted by Crippen LogP contribution is 2.49. The first kappa shape index (κ1) is 25.9. The van der Waals surface area contributed by atoms with Crippen molar-refractivity contribution in [3.63, 3.8) is 0 Å². The zero-order valence-electron chi connectivity index (χ0n) is 19.9. The van der Waals surface area contributed by atoms with Gasteiger partial charge in [-0.15, -0.1) is 10.2 Å². The molecule has 4 rings (SSSR count). The van der Waals surface area contributed by atoms with Crippen LogP contribution in [0.5, 0.6) is 5.75 Å². The quantitative estimate of drug-likeness (QED) is 0.256. The molecule has 4 aromatic carbocycles. The zero-order chi connectivity index (χ0) is 26.6. The number of fused-ring (bicyclic) bond motifs is 1. The highest BCUT2D eigenvalue weighted by molar-refractivity contribution is 7.91. The van der Waals surface area contributed by atoms with Crippen molar-refractivity contribution in [1.82, 2.24) is 0 Å². The van der Waals surface area contributed by atoms with E-state index >= 15 is 0 Å². The van der Waals surface area contributed by atoms with Crippen LogP contribution in [0.15, 0.2) is 104 Å². The molecule has 0 saturated heterocycles. The van der Waals surface area contributed by atoms with Crippen molar-refractivity contribution in [3.05, 3.63) is 78.9 Å². The third-order valence-corrected chi connectivity index (χ3v) is 6.93. The van der Waals surface area contributed by atoms with Crippen LogP contribution in [-0.4, -0.2) is 40.3 Å². The molecule has 0 aliphatic carbocycles. The summed E-state index contributed by atoms with van der Waals surface area (Å²) in [6, 6.07) is 21.9. The highest BCUT2D eigenvalue weighted by Gasteiger charge is 2.27. The van der Waals surface area contributed by atoms with E-state index in [1.807, 2.05) is 0 Å². The van der Waals surface area contributed by atoms with Crippen LogP contribution in [0.2, 0.25) is 0 Å². The summed E-state index contributed by atoms with van der Waals surface area (Å²) >= 11 is 0. The van der Waals surface area contributed by atoms with Gasteiger partial charge in [0.2, 0.25) is 0 Å². The normalized spacial score (nSPS) is 12.5. The molecule has 190 valence electrons. The Morgan fingerprint density at radius 1 is 0.703 bits per heavy atom. The minimum atomic E-state index is -4.02. The lowest BCUT2D eigenvalue weighted by atomic mass is 10.1. The van der Waals surface area contributed by atoms with E-state index in [4.69, 9.17) is 0 Å². The molecule has 2 N–H and O–H groups in total. The van der Waals surface area contributed by atoms with Gasteiger partial charge in [0.1, 0.15) is 22.1 Å². The SMILES string of the molecule is CS(=O)(=O)CNc1ccc2c(O)c(N=Nc3ccccc3)c(S(C)(=O)=O)c(N=Nc3ccccc3)c2c1. The number of nitrogens with zero attached hydrogens (tertiary/aromatic N) is 4. The number of anilines is 1. The Kier molecular flexibility index (Phi) is 7.32. The number of sulfone groups is 2. The molecule has 0 bridgehead atoms. The van der Waals surface area contributed by atoms with Gasteiger partial charge in [-0.25, -0.2) is 16.8 Å². The molecule has 0 heterocycles. The van der Waals surface area contributed by atoms with Gasteiger partial charge >= 0.3 is 0 Å². The largest absolute Gasteiger partial charge is 0.505 e. The second kappa shape index (κ2) is 10.4. The lowest BCUT2D eigenvalue weighted by Gasteiger charge is -2.14. The number of hydrogen-bond acceptors (Lipinski definition) is 10. The Labute approximate surface area is 214 Å². The number of phenols is 1. The van der Waals surface area contributed by atoms with Gasteiger partial charge in [0.05, 0.1) is 11.4 Å². The summed E-state index contributed by atoms with van der Waals surface area (Å²) in [6.45, 7) is 0. The zero-order valence-corrected chi connectivity index (χ0v) is 21.5. The third kappa shape index (κ3) is 6.35. The first-order chi connectivity index (χ1) is 17.5. The third-order valence-electron chi connectivity index (χ3n) is 5.14. The lowest BCUT2D eigenvalue weighted by Crippen LogP contribution is -2.12. The predicted molar refractivity (Wildman–Crippen MR) is 143 cm³/mol. The van der Waals surface area contributed by atoms with Crippen molar-refractivity contribution in [1.29, 1.82) is 0 Å². The van der Waals surface area contributed by atoms with E-state index in [9.17, 15) is 21.9 Å². The molecule has 10 nitrogen and oxygen atoms in total. The molecular weight excluding hydrogens is 514 g/mol. The van der Waals surface area contributed by atoms with Crippen LogP contribution in [0.4, 0.5) is 28.4 Å². The summed E-state index contributed by atoms with van der Waals surface area (Å²) < 4.78 is 49.3. The van der Waals surface area contributed by atoms with E-state index < -0.39 is 25.4 Å². The van der Waals surface area contributed by atoms with E-state index in [1.165, 1.54) is 12.1 Å². The van der Waals surface area contributed by atoms with Gasteiger partial charge in [-0.2, -0.15) is 10.2 Å². The van der Waals surface area contributed by atoms with Crippen LogP contribution in [-0.2, 0) is 19.7 Å². The molecule has 4 aromatic rings. The average molecular weight is 538 g/mol. The molecule has 0 spiro atoms. The number of nitrogens with one attached hydrogen (secondary N) is 1. The van der Waals surface area contributed by atoms with Gasteiger partial charge in [-0.05, 0) is 42.5 Å². The van der Waals surface area contributed by atoms with Crippen LogP contribution >= 0.6 is 0 Å². The van der Waals surface area contributed by atoms with Crippen LogP contribution in [0.1, 0.15) is 0 Å². The summed E-state index contributed by atoms with van der Waals surface area (Å²) in [7, 11) is -7.36. The van der Waals surface area contributed by atoms with Gasteiger partial charge in [-0.3, -0.25) is 0 Å². The fourth-order valence-electron chi connectivity index (χ4n) is 3.49. The van der Waals surface area contributed by atoms with Crippen molar-refractivity contribution in [2.24, 2.45) is 20.5 Å². The predicted octanol–water partition coefficient (Wildman–Crippen LogP) is 6.19. The van der Waals surface area contributed by atoms with Gasteiger partial charge in [0.15, 0.2) is 25.4 Å². The molecule has 0 radical (unpaired) electrons. The molecular formula is C25H23N5O5S2. The van der Waals surface area contributed by atoms with Crippen LogP contribution < -0.4 is 5.32 Å². The van der Waals surface area contributed by atoms with Gasteiger partial charge in [-0.1, -0.05) is 36.4 Å². The maximum atomic E-state index is 13.0. The fourth-order valence-corrected chi connectivity index (χ4v) is 4.91. The molecule has 0 amide bonds. The smallest absolute Gasteiger partial charge is 0.180 e. The number of benzene rings is 4. The van der Waals surface area contributed by atoms with Crippen LogP contribution in [0.25, 0.3) is 10.8 Å². The Morgan fingerprint density at radius 3 is 1.76 bits per heavy atom. The Hall–Kier alpha value is -4.16. The van der Waals surface area contributed by atoms with Crippen molar-refractivity contribution in [3.8, 4) is 5.75 Å². The van der Waals surface area contributed by atoms with Gasteiger partial charge < -0.3 is 10.4 Å². The topological polar surface area (TPSA) is 150 Å². The molecule has 37 heavy (non-hydrogen) atoms. The Bertz CT molecular complexity index is 1720. The fraction of sp³-hybridized carbons (Fsp3) is 0.120. The number of phenolic OH excluding ortho intramolecular Hbond substituents is 1. The van der Waals surface area contributed by atoms with Gasteiger partial charge in [0, 0.05) is 29.0 Å².